The van der Waals surface area contributed by atoms with E-state index in [4.69, 9.17) is 14.5 Å². The van der Waals surface area contributed by atoms with Gasteiger partial charge in [-0.25, -0.2) is 0 Å². The van der Waals surface area contributed by atoms with Crippen LogP contribution in [0, 0.1) is 5.92 Å². The maximum atomic E-state index is 6.03. The molecule has 3 aromatic rings. The zero-order valence-corrected chi connectivity index (χ0v) is 21.7. The Bertz CT molecular complexity index is 1040. The third-order valence-electron chi connectivity index (χ3n) is 6.99. The maximum absolute atomic E-state index is 6.03. The van der Waals surface area contributed by atoms with E-state index in [1.807, 2.05) is 0 Å². The van der Waals surface area contributed by atoms with Crippen molar-refractivity contribution in [2.75, 3.05) is 13.2 Å². The Hall–Kier alpha value is -1.75. The first-order chi connectivity index (χ1) is 16.1. The van der Waals surface area contributed by atoms with Crippen molar-refractivity contribution in [2.24, 2.45) is 5.92 Å². The van der Waals surface area contributed by atoms with Crippen LogP contribution in [0.3, 0.4) is 0 Å². The summed E-state index contributed by atoms with van der Waals surface area (Å²) in [4.78, 5) is 5.11. The van der Waals surface area contributed by atoms with Gasteiger partial charge in [0.05, 0.1) is 24.8 Å². The van der Waals surface area contributed by atoms with E-state index < -0.39 is 0 Å². The molecular weight excluding hydrogens is 474 g/mol. The van der Waals surface area contributed by atoms with Gasteiger partial charge >= 0.3 is 0 Å². The van der Waals surface area contributed by atoms with Gasteiger partial charge < -0.3 is 9.47 Å². The van der Waals surface area contributed by atoms with Crippen LogP contribution in [0.15, 0.2) is 48.5 Å². The van der Waals surface area contributed by atoms with Crippen molar-refractivity contribution < 1.29 is 9.47 Å². The molecule has 2 aromatic carbocycles. The number of halogens is 1. The maximum Gasteiger partial charge on any atom is 0.0813 e. The number of aromatic nitrogens is 1. The molecule has 2 heterocycles. The highest BCUT2D eigenvalue weighted by molar-refractivity contribution is 9.08. The predicted molar refractivity (Wildman–Crippen MR) is 141 cm³/mol. The zero-order chi connectivity index (χ0) is 23.2. The Morgan fingerprint density at radius 2 is 1.91 bits per heavy atom. The van der Waals surface area contributed by atoms with Crippen molar-refractivity contribution in [2.45, 2.75) is 70.4 Å². The van der Waals surface area contributed by atoms with Crippen LogP contribution in [0.2, 0.25) is 0 Å². The summed E-state index contributed by atoms with van der Waals surface area (Å²) in [6.45, 7) is 9.13. The van der Waals surface area contributed by atoms with E-state index in [0.29, 0.717) is 18.4 Å². The lowest BCUT2D eigenvalue weighted by Gasteiger charge is -2.22. The molecule has 1 saturated heterocycles. The molecule has 3 unspecified atom stereocenters. The van der Waals surface area contributed by atoms with Crippen LogP contribution >= 0.6 is 15.9 Å². The smallest absolute Gasteiger partial charge is 0.0813 e. The van der Waals surface area contributed by atoms with Crippen LogP contribution in [0.25, 0.3) is 22.0 Å². The van der Waals surface area contributed by atoms with Crippen molar-refractivity contribution in [3.63, 3.8) is 0 Å². The number of pyridine rings is 1. The van der Waals surface area contributed by atoms with Crippen LogP contribution in [0.4, 0.5) is 0 Å². The van der Waals surface area contributed by atoms with Crippen molar-refractivity contribution >= 4 is 26.8 Å². The first-order valence-corrected chi connectivity index (χ1v) is 13.5. The molecule has 1 aliphatic rings. The second-order valence-corrected chi connectivity index (χ2v) is 10.0. The number of ether oxygens (including phenoxy) is 2. The molecule has 1 fully saturated rings. The van der Waals surface area contributed by atoms with Crippen LogP contribution in [-0.2, 0) is 21.4 Å². The van der Waals surface area contributed by atoms with E-state index in [2.05, 4.69) is 85.2 Å². The van der Waals surface area contributed by atoms with Crippen LogP contribution in [-0.4, -0.2) is 24.3 Å². The molecular formula is C29H36BrNO2. The first-order valence-electron chi connectivity index (χ1n) is 12.4. The normalized spacial score (nSPS) is 18.4. The lowest BCUT2D eigenvalue weighted by molar-refractivity contribution is -0.0568. The molecule has 4 rings (SSSR count). The monoisotopic (exact) mass is 509 g/mol. The third kappa shape index (κ3) is 6.03. The molecule has 0 bridgehead atoms. The van der Waals surface area contributed by atoms with Gasteiger partial charge in [-0.15, -0.1) is 0 Å². The van der Waals surface area contributed by atoms with Crippen LogP contribution in [0.5, 0.6) is 0 Å². The van der Waals surface area contributed by atoms with E-state index in [9.17, 15) is 0 Å². The Balaban J connectivity index is 1.53. The molecule has 1 aromatic heterocycles. The number of benzene rings is 2. The summed E-state index contributed by atoms with van der Waals surface area (Å²) in [6.07, 6.45) is 4.87. The van der Waals surface area contributed by atoms with Gasteiger partial charge in [-0.3, -0.25) is 4.98 Å². The van der Waals surface area contributed by atoms with Gasteiger partial charge in [-0.2, -0.15) is 0 Å². The highest BCUT2D eigenvalue weighted by Gasteiger charge is 2.17. The molecule has 0 amide bonds. The van der Waals surface area contributed by atoms with Gasteiger partial charge in [0.15, 0.2) is 0 Å². The molecule has 4 heteroatoms. The van der Waals surface area contributed by atoms with Crippen molar-refractivity contribution in [1.82, 2.24) is 4.98 Å². The molecule has 0 radical (unpaired) electrons. The quantitative estimate of drug-likeness (QED) is 0.273. The highest BCUT2D eigenvalue weighted by atomic mass is 79.9. The SMILES string of the molecule is CCCC(C)C(C)c1ccc2cc(-c3ccc(COC4CCCOC4)cc3)cc(CBr)c2n1. The summed E-state index contributed by atoms with van der Waals surface area (Å²) in [5, 5.41) is 1.99. The molecule has 0 N–H and O–H groups in total. The van der Waals surface area contributed by atoms with Crippen LogP contribution < -0.4 is 0 Å². The number of alkyl halides is 1. The summed E-state index contributed by atoms with van der Waals surface area (Å²) in [7, 11) is 0. The van der Waals surface area contributed by atoms with Gasteiger partial charge in [0.2, 0.25) is 0 Å². The number of nitrogens with zero attached hydrogens (tertiary/aromatic N) is 1. The molecule has 1 aliphatic heterocycles. The van der Waals surface area contributed by atoms with E-state index in [-0.39, 0.29) is 6.10 Å². The fourth-order valence-corrected chi connectivity index (χ4v) is 5.12. The molecule has 3 nitrogen and oxygen atoms in total. The average molecular weight is 511 g/mol. The molecule has 176 valence electrons. The molecule has 33 heavy (non-hydrogen) atoms. The summed E-state index contributed by atoms with van der Waals surface area (Å²) in [5.41, 5.74) is 7.20. The zero-order valence-electron chi connectivity index (χ0n) is 20.1. The van der Waals surface area contributed by atoms with Gasteiger partial charge in [0.1, 0.15) is 0 Å². The third-order valence-corrected chi connectivity index (χ3v) is 7.60. The van der Waals surface area contributed by atoms with Crippen molar-refractivity contribution in [1.29, 1.82) is 0 Å². The van der Waals surface area contributed by atoms with Gasteiger partial charge in [-0.05, 0) is 59.2 Å². The number of fused-ring (bicyclic) bond motifs is 1. The topological polar surface area (TPSA) is 31.4 Å². The Labute approximate surface area is 207 Å². The van der Waals surface area contributed by atoms with Crippen molar-refractivity contribution in [3.05, 3.63) is 65.4 Å². The fraction of sp³-hybridized carbons (Fsp3) is 0.483. The average Bonchev–Trinajstić information content (AvgIpc) is 2.87. The predicted octanol–water partition coefficient (Wildman–Crippen LogP) is 8.03. The number of hydrogen-bond donors (Lipinski definition) is 0. The number of hydrogen-bond acceptors (Lipinski definition) is 3. The van der Waals surface area contributed by atoms with Crippen LogP contribution in [0.1, 0.15) is 69.2 Å². The molecule has 0 spiro atoms. The second kappa shape index (κ2) is 11.6. The van der Waals surface area contributed by atoms with E-state index >= 15 is 0 Å². The molecule has 3 atom stereocenters. The van der Waals surface area contributed by atoms with Crippen molar-refractivity contribution in [3.8, 4) is 11.1 Å². The summed E-state index contributed by atoms with van der Waals surface area (Å²) >= 11 is 3.70. The summed E-state index contributed by atoms with van der Waals surface area (Å²) < 4.78 is 11.5. The minimum atomic E-state index is 0.227. The minimum Gasteiger partial charge on any atom is -0.379 e. The summed E-state index contributed by atoms with van der Waals surface area (Å²) in [6, 6.07) is 17.8. The summed E-state index contributed by atoms with van der Waals surface area (Å²) in [5.74, 6) is 1.10. The highest BCUT2D eigenvalue weighted by Crippen LogP contribution is 2.32. The molecule has 0 saturated carbocycles. The first kappa shape index (κ1) is 24.4. The minimum absolute atomic E-state index is 0.227. The lowest BCUT2D eigenvalue weighted by atomic mass is 9.88. The largest absolute Gasteiger partial charge is 0.379 e. The second-order valence-electron chi connectivity index (χ2n) is 9.48. The van der Waals surface area contributed by atoms with Gasteiger partial charge in [0.25, 0.3) is 0 Å². The number of rotatable bonds is 9. The van der Waals surface area contributed by atoms with E-state index in [1.54, 1.807) is 0 Å². The lowest BCUT2D eigenvalue weighted by Crippen LogP contribution is -2.25. The Morgan fingerprint density at radius 1 is 1.09 bits per heavy atom. The Kier molecular flexibility index (Phi) is 8.56. The van der Waals surface area contributed by atoms with Gasteiger partial charge in [0, 0.05) is 28.9 Å². The standard InChI is InChI=1S/C29H36BrNO2/c1-4-6-20(2)21(3)28-13-12-24-15-25(16-26(17-30)29(24)31-28)23-10-8-22(9-11-23)18-33-27-7-5-14-32-19-27/h8-13,15-16,20-21,27H,4-7,14,17-19H2,1-3H3. The molecule has 0 aliphatic carbocycles. The van der Waals surface area contributed by atoms with Gasteiger partial charge in [-0.1, -0.05) is 79.9 Å². The van der Waals surface area contributed by atoms with E-state index in [1.165, 1.54) is 46.2 Å². The van der Waals surface area contributed by atoms with E-state index in [0.717, 1.165) is 36.9 Å². The fourth-order valence-electron chi connectivity index (χ4n) is 4.69. The Morgan fingerprint density at radius 3 is 2.61 bits per heavy atom.